The summed E-state index contributed by atoms with van der Waals surface area (Å²) >= 11 is 0. The average molecular weight is 1050 g/mol. The zero-order valence-corrected chi connectivity index (χ0v) is 43.3. The van der Waals surface area contributed by atoms with E-state index in [0.717, 1.165) is 47.9 Å². The van der Waals surface area contributed by atoms with Crippen molar-refractivity contribution < 1.29 is 28.8 Å². The predicted octanol–water partition coefficient (Wildman–Crippen LogP) is -3.84. The topological polar surface area (TPSA) is 449 Å². The molecule has 0 fully saturated rings. The van der Waals surface area contributed by atoms with Gasteiger partial charge in [-0.3, -0.25) is 48.7 Å². The monoisotopic (exact) mass is 1050 g/mol. The molecule has 0 saturated carbocycles. The predicted molar refractivity (Wildman–Crippen MR) is 291 cm³/mol. The van der Waals surface area contributed by atoms with Gasteiger partial charge in [-0.25, -0.2) is 0 Å². The lowest BCUT2D eigenvalue weighted by Crippen LogP contribution is -2.53. The van der Waals surface area contributed by atoms with Crippen molar-refractivity contribution in [2.45, 2.75) is 76.2 Å². The van der Waals surface area contributed by atoms with Gasteiger partial charge in [0.15, 0.2) is 23.8 Å². The van der Waals surface area contributed by atoms with Crippen molar-refractivity contribution >= 4 is 59.3 Å². The van der Waals surface area contributed by atoms with Gasteiger partial charge < -0.3 is 87.6 Å². The standard InChI is InChI=1S/C49H82N20O6/c50-18-7-1-2-8-19-60-28-41(71)67(25-11-22-63-48(56)57)31-42(72)68(26-12-23-64-49(58)59)32-44(74)69(29-38-36-15-5-3-13-34(36)27-35-14-4-6-16-37(35)38)33-43(73)66(24-10-21-62-47(54)55)30-40(70)65-39(45(51)75)17-9-20-61-46(52)53/h3-6,13-16,38-39,60H,1-2,7-12,17-33,50H2,(H2,51,75)(H,65,70)(H4,52,53,61)(H4,54,55,62)(H4,56,57,63)(H4,58,59,64)/t39-/m1/s1. The summed E-state index contributed by atoms with van der Waals surface area (Å²) in [4.78, 5) is 106. The molecule has 75 heavy (non-hydrogen) atoms. The van der Waals surface area contributed by atoms with E-state index < -0.39 is 67.7 Å². The number of carbonyl (C=O) groups excluding carboxylic acids is 6. The van der Waals surface area contributed by atoms with Crippen LogP contribution in [0, 0.1) is 0 Å². The van der Waals surface area contributed by atoms with Crippen LogP contribution in [-0.4, -0.2) is 183 Å². The van der Waals surface area contributed by atoms with Crippen LogP contribution in [0.15, 0.2) is 68.5 Å². The Morgan fingerprint density at radius 3 is 1.43 bits per heavy atom. The van der Waals surface area contributed by atoms with Gasteiger partial charge in [0, 0.05) is 58.3 Å². The number of rotatable bonds is 36. The fourth-order valence-corrected chi connectivity index (χ4v) is 8.45. The smallest absolute Gasteiger partial charge is 0.242 e. The first kappa shape index (κ1) is 61.6. The maximum atomic E-state index is 15.1. The fraction of sp³-hybridized carbons (Fsp3) is 0.551. The summed E-state index contributed by atoms with van der Waals surface area (Å²) in [7, 11) is 0. The van der Waals surface area contributed by atoms with Crippen LogP contribution in [0.2, 0.25) is 0 Å². The first-order valence-corrected chi connectivity index (χ1v) is 25.4. The summed E-state index contributed by atoms with van der Waals surface area (Å²) < 4.78 is 0. The number of unbranched alkanes of at least 4 members (excludes halogenated alkanes) is 3. The molecule has 0 aromatic heterocycles. The second-order valence-corrected chi connectivity index (χ2v) is 18.2. The van der Waals surface area contributed by atoms with E-state index in [1.807, 2.05) is 48.5 Å². The van der Waals surface area contributed by atoms with Crippen molar-refractivity contribution in [2.24, 2.45) is 77.3 Å². The second kappa shape index (κ2) is 33.9. The summed E-state index contributed by atoms with van der Waals surface area (Å²) in [6, 6.07) is 14.6. The molecule has 3 rings (SSSR count). The van der Waals surface area contributed by atoms with E-state index in [-0.39, 0.29) is 108 Å². The van der Waals surface area contributed by atoms with E-state index in [9.17, 15) is 24.0 Å². The number of primary amides is 1. The SMILES string of the molecule is NCCCCCCNCC(=O)N(CCCN=C(N)N)CC(=O)N(CCCN=C(N)N)CC(=O)N(CC(=O)N(CCCN=C(N)N)CC(=O)N[C@H](CCCN=C(N)N)C(N)=O)CC1c2ccccc2Cc2ccccc21. The van der Waals surface area contributed by atoms with Crippen LogP contribution in [0.3, 0.4) is 0 Å². The number of benzene rings is 2. The van der Waals surface area contributed by atoms with Gasteiger partial charge in [0.1, 0.15) is 6.04 Å². The quantitative estimate of drug-likeness (QED) is 0.0177. The van der Waals surface area contributed by atoms with E-state index in [0.29, 0.717) is 32.4 Å². The van der Waals surface area contributed by atoms with Gasteiger partial charge in [0.05, 0.1) is 32.7 Å². The van der Waals surface area contributed by atoms with Gasteiger partial charge in [0.2, 0.25) is 35.4 Å². The number of nitrogens with two attached hydrogens (primary N) is 10. The van der Waals surface area contributed by atoms with Crippen LogP contribution in [-0.2, 0) is 35.2 Å². The largest absolute Gasteiger partial charge is 0.370 e. The first-order chi connectivity index (χ1) is 35.9. The summed E-state index contributed by atoms with van der Waals surface area (Å²) in [6.07, 6.45) is 5.53. The molecule has 0 heterocycles. The lowest BCUT2D eigenvalue weighted by Gasteiger charge is -2.35. The second-order valence-electron chi connectivity index (χ2n) is 18.2. The first-order valence-electron chi connectivity index (χ1n) is 25.4. The van der Waals surface area contributed by atoms with Gasteiger partial charge in [-0.15, -0.1) is 0 Å². The minimum absolute atomic E-state index is 0.000605. The van der Waals surface area contributed by atoms with Crippen LogP contribution in [0.4, 0.5) is 0 Å². The molecule has 414 valence electrons. The van der Waals surface area contributed by atoms with E-state index in [2.05, 4.69) is 30.6 Å². The van der Waals surface area contributed by atoms with Crippen molar-refractivity contribution in [1.82, 2.24) is 30.2 Å². The number of amides is 6. The highest BCUT2D eigenvalue weighted by molar-refractivity contribution is 5.93. The Hall–Kier alpha value is -7.74. The highest BCUT2D eigenvalue weighted by atomic mass is 16.2. The number of nitrogens with one attached hydrogen (secondary N) is 2. The third-order valence-electron chi connectivity index (χ3n) is 12.2. The Labute approximate surface area is 439 Å². The molecule has 1 aliphatic rings. The van der Waals surface area contributed by atoms with Gasteiger partial charge in [-0.1, -0.05) is 61.4 Å². The third-order valence-corrected chi connectivity index (χ3v) is 12.2. The molecule has 0 saturated heterocycles. The zero-order chi connectivity index (χ0) is 55.1. The van der Waals surface area contributed by atoms with Gasteiger partial charge in [-0.05, 0) is 86.7 Å². The molecule has 0 bridgehead atoms. The van der Waals surface area contributed by atoms with Crippen LogP contribution >= 0.6 is 0 Å². The number of hydrogen-bond donors (Lipinski definition) is 12. The maximum Gasteiger partial charge on any atom is 0.242 e. The molecule has 0 spiro atoms. The Bertz CT molecular complexity index is 2230. The molecule has 26 nitrogen and oxygen atoms in total. The van der Waals surface area contributed by atoms with E-state index in [4.69, 9.17) is 57.3 Å². The minimum atomic E-state index is -1.11. The molecule has 0 radical (unpaired) electrons. The number of fused-ring (bicyclic) bond motifs is 2. The number of hydrogen-bond acceptors (Lipinski definition) is 12. The summed E-state index contributed by atoms with van der Waals surface area (Å²) in [5.74, 6) is -4.61. The fourth-order valence-electron chi connectivity index (χ4n) is 8.45. The molecular weight excluding hydrogens is 965 g/mol. The highest BCUT2D eigenvalue weighted by Gasteiger charge is 2.33. The van der Waals surface area contributed by atoms with E-state index in [1.165, 1.54) is 19.6 Å². The normalized spacial score (nSPS) is 11.9. The van der Waals surface area contributed by atoms with Crippen molar-refractivity contribution in [3.8, 4) is 0 Å². The molecule has 0 aliphatic heterocycles. The van der Waals surface area contributed by atoms with Gasteiger partial charge in [-0.2, -0.15) is 0 Å². The van der Waals surface area contributed by atoms with Crippen LogP contribution in [0.1, 0.15) is 86.0 Å². The van der Waals surface area contributed by atoms with Crippen molar-refractivity contribution in [3.63, 3.8) is 0 Å². The minimum Gasteiger partial charge on any atom is -0.370 e. The summed E-state index contributed by atoms with van der Waals surface area (Å²) in [5.41, 5.74) is 59.6. The molecule has 1 atom stereocenters. The van der Waals surface area contributed by atoms with Crippen LogP contribution in [0.5, 0.6) is 0 Å². The number of carbonyl (C=O) groups is 6. The summed E-state index contributed by atoms with van der Waals surface area (Å²) in [6.45, 7) is -0.107. The maximum absolute atomic E-state index is 15.1. The zero-order valence-electron chi connectivity index (χ0n) is 43.3. The molecule has 22 N–H and O–H groups in total. The lowest BCUT2D eigenvalue weighted by molar-refractivity contribution is -0.146. The van der Waals surface area contributed by atoms with E-state index >= 15 is 4.79 Å². The molecule has 2 aromatic carbocycles. The van der Waals surface area contributed by atoms with Gasteiger partial charge in [0.25, 0.3) is 0 Å². The molecular formula is C49H82N20O6. The molecule has 26 heteroatoms. The lowest BCUT2D eigenvalue weighted by atomic mass is 9.78. The molecule has 1 aliphatic carbocycles. The van der Waals surface area contributed by atoms with Crippen molar-refractivity contribution in [3.05, 3.63) is 70.8 Å². The van der Waals surface area contributed by atoms with Crippen LogP contribution in [0.25, 0.3) is 0 Å². The molecule has 6 amide bonds. The Morgan fingerprint density at radius 1 is 0.520 bits per heavy atom. The number of guanidine groups is 4. The number of aliphatic imine (C=N–C) groups is 4. The Morgan fingerprint density at radius 2 is 0.947 bits per heavy atom. The molecule has 0 unspecified atom stereocenters. The summed E-state index contributed by atoms with van der Waals surface area (Å²) in [5, 5.41) is 5.78. The van der Waals surface area contributed by atoms with Gasteiger partial charge >= 0.3 is 0 Å². The van der Waals surface area contributed by atoms with Crippen molar-refractivity contribution in [1.29, 1.82) is 0 Å². The van der Waals surface area contributed by atoms with Crippen LogP contribution < -0.4 is 68.0 Å². The van der Waals surface area contributed by atoms with E-state index in [1.54, 1.807) is 0 Å². The average Bonchev–Trinajstić information content (AvgIpc) is 3.36. The number of nitrogens with zero attached hydrogens (tertiary/aromatic N) is 8. The third kappa shape index (κ3) is 23.8. The Balaban J connectivity index is 2.04. The Kier molecular flexibility index (Phi) is 27.8. The van der Waals surface area contributed by atoms with Crippen molar-refractivity contribution in [2.75, 3.05) is 98.2 Å². The molecule has 2 aromatic rings. The highest BCUT2D eigenvalue weighted by Crippen LogP contribution is 2.37.